The van der Waals surface area contributed by atoms with Gasteiger partial charge in [-0.2, -0.15) is 4.98 Å². The van der Waals surface area contributed by atoms with Crippen molar-refractivity contribution in [3.05, 3.63) is 39.0 Å². The molecule has 7 heteroatoms. The lowest BCUT2D eigenvalue weighted by Crippen LogP contribution is -2.15. The van der Waals surface area contributed by atoms with Gasteiger partial charge in [0.1, 0.15) is 0 Å². The number of aryl methyl sites for hydroxylation is 1. The number of carbonyl (C=O) groups excluding carboxylic acids is 1. The van der Waals surface area contributed by atoms with Crippen molar-refractivity contribution >= 4 is 34.2 Å². The number of benzene rings is 1. The summed E-state index contributed by atoms with van der Waals surface area (Å²) in [4.78, 5) is 16.3. The zero-order valence-corrected chi connectivity index (χ0v) is 13.7. The number of aromatic nitrogens is 2. The van der Waals surface area contributed by atoms with E-state index in [-0.39, 0.29) is 17.8 Å². The van der Waals surface area contributed by atoms with E-state index in [1.54, 1.807) is 0 Å². The summed E-state index contributed by atoms with van der Waals surface area (Å²) in [5.74, 6) is 0.188. The van der Waals surface area contributed by atoms with E-state index >= 15 is 0 Å². The molecule has 0 saturated carbocycles. The van der Waals surface area contributed by atoms with Gasteiger partial charge in [0.25, 0.3) is 11.7 Å². The summed E-state index contributed by atoms with van der Waals surface area (Å²) < 4.78 is 6.26. The molecule has 2 aromatic rings. The van der Waals surface area contributed by atoms with Gasteiger partial charge in [0.15, 0.2) is 0 Å². The van der Waals surface area contributed by atoms with Gasteiger partial charge in [0, 0.05) is 9.26 Å². The first-order chi connectivity index (χ1) is 10.1. The molecule has 21 heavy (non-hydrogen) atoms. The van der Waals surface area contributed by atoms with Gasteiger partial charge < -0.3 is 15.2 Å². The highest BCUT2D eigenvalue weighted by Crippen LogP contribution is 2.21. The van der Waals surface area contributed by atoms with Gasteiger partial charge >= 0.3 is 0 Å². The fourth-order valence-corrected chi connectivity index (χ4v) is 2.74. The first-order valence-corrected chi connectivity index (χ1v) is 7.86. The molecule has 0 bridgehead atoms. The third-order valence-corrected chi connectivity index (χ3v) is 4.60. The molecule has 1 saturated heterocycles. The van der Waals surface area contributed by atoms with Crippen LogP contribution in [0.5, 0.6) is 0 Å². The number of nitrogens with one attached hydrogen (secondary N) is 2. The van der Waals surface area contributed by atoms with Crippen LogP contribution in [0.1, 0.15) is 41.0 Å². The number of amides is 1. The molecular weight excluding hydrogens is 383 g/mol. The van der Waals surface area contributed by atoms with Crippen molar-refractivity contribution in [3.63, 3.8) is 0 Å². The maximum absolute atomic E-state index is 12.1. The highest BCUT2D eigenvalue weighted by Gasteiger charge is 2.24. The van der Waals surface area contributed by atoms with E-state index in [1.807, 2.05) is 25.1 Å². The molecule has 1 atom stereocenters. The second-order valence-corrected chi connectivity index (χ2v) is 6.19. The minimum absolute atomic E-state index is 0.0642. The predicted octanol–water partition coefficient (Wildman–Crippen LogP) is 2.66. The average molecular weight is 398 g/mol. The Hall–Kier alpha value is -1.48. The Labute approximate surface area is 135 Å². The molecule has 110 valence electrons. The van der Waals surface area contributed by atoms with E-state index in [2.05, 4.69) is 43.4 Å². The van der Waals surface area contributed by atoms with E-state index in [0.29, 0.717) is 5.89 Å². The van der Waals surface area contributed by atoms with Crippen LogP contribution in [0.3, 0.4) is 0 Å². The van der Waals surface area contributed by atoms with Crippen molar-refractivity contribution in [2.45, 2.75) is 25.8 Å². The van der Waals surface area contributed by atoms with Crippen LogP contribution >= 0.6 is 22.6 Å². The average Bonchev–Trinajstić information content (AvgIpc) is 3.12. The fraction of sp³-hybridized carbons (Fsp3) is 0.357. The SMILES string of the molecule is Cc1ccc(NC(=O)c2noc(C3CCCN3)n2)cc1I. The number of carbonyl (C=O) groups is 1. The maximum atomic E-state index is 12.1. The summed E-state index contributed by atoms with van der Waals surface area (Å²) in [6.45, 7) is 2.96. The summed E-state index contributed by atoms with van der Waals surface area (Å²) in [6, 6.07) is 5.79. The molecule has 2 heterocycles. The topological polar surface area (TPSA) is 80.0 Å². The molecule has 1 fully saturated rings. The molecule has 2 N–H and O–H groups in total. The van der Waals surface area contributed by atoms with E-state index in [9.17, 15) is 4.79 Å². The van der Waals surface area contributed by atoms with Gasteiger partial charge in [-0.1, -0.05) is 11.2 Å². The lowest BCUT2D eigenvalue weighted by atomic mass is 10.2. The van der Waals surface area contributed by atoms with Gasteiger partial charge in [0.2, 0.25) is 5.89 Å². The molecule has 1 aliphatic rings. The van der Waals surface area contributed by atoms with Crippen molar-refractivity contribution < 1.29 is 9.32 Å². The third-order valence-electron chi connectivity index (χ3n) is 3.43. The van der Waals surface area contributed by atoms with E-state index in [0.717, 1.165) is 28.6 Å². The normalized spacial score (nSPS) is 17.9. The highest BCUT2D eigenvalue weighted by molar-refractivity contribution is 14.1. The molecule has 1 aromatic heterocycles. The Balaban J connectivity index is 1.71. The molecule has 1 amide bonds. The van der Waals surface area contributed by atoms with Crippen molar-refractivity contribution in [3.8, 4) is 0 Å². The predicted molar refractivity (Wildman–Crippen MR) is 86.1 cm³/mol. The third kappa shape index (κ3) is 3.24. The number of rotatable bonds is 3. The molecule has 1 aromatic carbocycles. The van der Waals surface area contributed by atoms with Gasteiger partial charge in [-0.25, -0.2) is 0 Å². The number of anilines is 1. The smallest absolute Gasteiger partial charge is 0.297 e. The second-order valence-electron chi connectivity index (χ2n) is 5.02. The monoisotopic (exact) mass is 398 g/mol. The maximum Gasteiger partial charge on any atom is 0.297 e. The van der Waals surface area contributed by atoms with Crippen LogP contribution in [0, 0.1) is 10.5 Å². The van der Waals surface area contributed by atoms with Crippen LogP contribution in [-0.2, 0) is 0 Å². The lowest BCUT2D eigenvalue weighted by Gasteiger charge is -2.04. The minimum Gasteiger partial charge on any atom is -0.337 e. The van der Waals surface area contributed by atoms with Crippen LogP contribution < -0.4 is 10.6 Å². The quantitative estimate of drug-likeness (QED) is 0.778. The van der Waals surface area contributed by atoms with Crippen LogP contribution in [0.2, 0.25) is 0 Å². The van der Waals surface area contributed by atoms with Gasteiger partial charge in [-0.05, 0) is 66.6 Å². The zero-order valence-electron chi connectivity index (χ0n) is 11.5. The summed E-state index contributed by atoms with van der Waals surface area (Å²) >= 11 is 2.23. The largest absolute Gasteiger partial charge is 0.337 e. The molecule has 3 rings (SSSR count). The van der Waals surface area contributed by atoms with E-state index in [1.165, 1.54) is 5.56 Å². The van der Waals surface area contributed by atoms with Crippen LogP contribution in [-0.4, -0.2) is 22.6 Å². The Morgan fingerprint density at radius 1 is 1.52 bits per heavy atom. The van der Waals surface area contributed by atoms with Gasteiger partial charge in [-0.15, -0.1) is 0 Å². The summed E-state index contributed by atoms with van der Waals surface area (Å²) in [5, 5.41) is 9.80. The zero-order chi connectivity index (χ0) is 14.8. The number of hydrogen-bond acceptors (Lipinski definition) is 5. The Bertz CT molecular complexity index is 665. The number of halogens is 1. The number of nitrogens with zero attached hydrogens (tertiary/aromatic N) is 2. The molecule has 6 nitrogen and oxygen atoms in total. The molecule has 0 aliphatic carbocycles. The lowest BCUT2D eigenvalue weighted by molar-refractivity contribution is 0.101. The van der Waals surface area contributed by atoms with Crippen molar-refractivity contribution in [2.75, 3.05) is 11.9 Å². The molecule has 1 unspecified atom stereocenters. The van der Waals surface area contributed by atoms with Crippen molar-refractivity contribution in [1.82, 2.24) is 15.5 Å². The van der Waals surface area contributed by atoms with Crippen molar-refractivity contribution in [1.29, 1.82) is 0 Å². The Morgan fingerprint density at radius 3 is 3.10 bits per heavy atom. The fourth-order valence-electron chi connectivity index (χ4n) is 2.22. The van der Waals surface area contributed by atoms with Gasteiger partial charge in [-0.3, -0.25) is 4.79 Å². The van der Waals surface area contributed by atoms with Crippen LogP contribution in [0.25, 0.3) is 0 Å². The second kappa shape index (κ2) is 6.10. The Kier molecular flexibility index (Phi) is 4.20. The molecule has 0 spiro atoms. The number of hydrogen-bond donors (Lipinski definition) is 2. The highest BCUT2D eigenvalue weighted by atomic mass is 127. The standard InChI is InChI=1S/C14H15IN4O2/c1-8-4-5-9(7-10(8)15)17-13(20)12-18-14(21-19-12)11-3-2-6-16-11/h4-5,7,11,16H,2-3,6H2,1H3,(H,17,20). The first-order valence-electron chi connectivity index (χ1n) is 6.78. The van der Waals surface area contributed by atoms with Crippen LogP contribution in [0.15, 0.2) is 22.7 Å². The van der Waals surface area contributed by atoms with Crippen molar-refractivity contribution in [2.24, 2.45) is 0 Å². The molecule has 0 radical (unpaired) electrons. The van der Waals surface area contributed by atoms with E-state index in [4.69, 9.17) is 4.52 Å². The molecular formula is C14H15IN4O2. The van der Waals surface area contributed by atoms with Crippen LogP contribution in [0.4, 0.5) is 5.69 Å². The minimum atomic E-state index is -0.359. The Morgan fingerprint density at radius 2 is 2.38 bits per heavy atom. The first kappa shape index (κ1) is 14.5. The summed E-state index contributed by atoms with van der Waals surface area (Å²) in [7, 11) is 0. The summed E-state index contributed by atoms with van der Waals surface area (Å²) in [6.07, 6.45) is 2.04. The molecule has 1 aliphatic heterocycles. The van der Waals surface area contributed by atoms with Gasteiger partial charge in [0.05, 0.1) is 6.04 Å². The summed E-state index contributed by atoms with van der Waals surface area (Å²) in [5.41, 5.74) is 1.89. The van der Waals surface area contributed by atoms with E-state index < -0.39 is 0 Å².